The van der Waals surface area contributed by atoms with E-state index < -0.39 is 0 Å². The monoisotopic (exact) mass is 387 g/mol. The molecule has 3 aromatic rings. The van der Waals surface area contributed by atoms with E-state index in [-0.39, 0.29) is 0 Å². The van der Waals surface area contributed by atoms with Gasteiger partial charge in [0.15, 0.2) is 4.34 Å². The number of aryl methyl sites for hydroxylation is 1. The molecule has 0 saturated carbocycles. The summed E-state index contributed by atoms with van der Waals surface area (Å²) in [6.07, 6.45) is 5.09. The lowest BCUT2D eigenvalue weighted by Gasteiger charge is -1.99. The van der Waals surface area contributed by atoms with Crippen molar-refractivity contribution in [2.24, 2.45) is 0 Å². The molecule has 0 aliphatic heterocycles. The van der Waals surface area contributed by atoms with Crippen LogP contribution in [-0.2, 0) is 6.54 Å². The van der Waals surface area contributed by atoms with E-state index in [2.05, 4.69) is 37.5 Å². The molecule has 0 unspecified atom stereocenters. The van der Waals surface area contributed by atoms with Crippen LogP contribution in [0, 0.1) is 0 Å². The first-order chi connectivity index (χ1) is 12.8. The average Bonchev–Trinajstić information content (AvgIpc) is 3.33. The highest BCUT2D eigenvalue weighted by Crippen LogP contribution is 2.26. The second-order valence-corrected chi connectivity index (χ2v) is 7.85. The fourth-order valence-corrected chi connectivity index (χ4v) is 4.06. The lowest BCUT2D eigenvalue weighted by molar-refractivity contribution is 0.487. The minimum Gasteiger partial charge on any atom is -0.357 e. The van der Waals surface area contributed by atoms with Gasteiger partial charge in [0.2, 0.25) is 11.0 Å². The van der Waals surface area contributed by atoms with Crippen LogP contribution >= 0.6 is 23.1 Å². The number of thioether (sulfide) groups is 1. The van der Waals surface area contributed by atoms with E-state index in [0.717, 1.165) is 46.6 Å². The molecule has 0 aliphatic carbocycles. The number of benzene rings is 1. The Balaban J connectivity index is 1.32. The van der Waals surface area contributed by atoms with Gasteiger partial charge < -0.3 is 5.32 Å². The van der Waals surface area contributed by atoms with Gasteiger partial charge in [-0.1, -0.05) is 65.9 Å². The van der Waals surface area contributed by atoms with Crippen LogP contribution in [0.4, 0.5) is 5.13 Å². The number of hydrogen-bond acceptors (Lipinski definition) is 8. The maximum absolute atomic E-state index is 4.43. The van der Waals surface area contributed by atoms with Gasteiger partial charge in [-0.2, -0.15) is 4.80 Å². The quantitative estimate of drug-likeness (QED) is 0.305. The van der Waals surface area contributed by atoms with E-state index in [0.29, 0.717) is 12.4 Å². The zero-order valence-electron chi connectivity index (χ0n) is 14.4. The molecular weight excluding hydrogens is 366 g/mol. The Morgan fingerprint density at radius 1 is 1.12 bits per heavy atom. The van der Waals surface area contributed by atoms with Gasteiger partial charge in [0, 0.05) is 17.9 Å². The summed E-state index contributed by atoms with van der Waals surface area (Å²) in [4.78, 5) is 1.68. The van der Waals surface area contributed by atoms with Crippen molar-refractivity contribution in [2.75, 3.05) is 17.6 Å². The van der Waals surface area contributed by atoms with Crippen LogP contribution in [0.1, 0.15) is 19.3 Å². The summed E-state index contributed by atoms with van der Waals surface area (Å²) in [6.45, 7) is 5.17. The average molecular weight is 388 g/mol. The molecule has 7 nitrogen and oxygen atoms in total. The summed E-state index contributed by atoms with van der Waals surface area (Å²) < 4.78 is 1.00. The predicted molar refractivity (Wildman–Crippen MR) is 106 cm³/mol. The second-order valence-electron chi connectivity index (χ2n) is 5.53. The van der Waals surface area contributed by atoms with Crippen LogP contribution in [0.2, 0.25) is 0 Å². The Morgan fingerprint density at radius 3 is 2.85 bits per heavy atom. The van der Waals surface area contributed by atoms with E-state index in [1.807, 2.05) is 30.3 Å². The topological polar surface area (TPSA) is 81.4 Å². The number of unbranched alkanes of at least 4 members (excludes halogenated alkanes) is 2. The maximum atomic E-state index is 4.43. The molecule has 0 spiro atoms. The van der Waals surface area contributed by atoms with Crippen LogP contribution in [0.15, 0.2) is 47.3 Å². The Hall–Kier alpha value is -2.26. The third-order valence-electron chi connectivity index (χ3n) is 3.52. The van der Waals surface area contributed by atoms with E-state index in [1.54, 1.807) is 34.0 Å². The van der Waals surface area contributed by atoms with Crippen molar-refractivity contribution in [3.63, 3.8) is 0 Å². The first-order valence-corrected chi connectivity index (χ1v) is 10.3. The molecule has 0 atom stereocenters. The van der Waals surface area contributed by atoms with Crippen LogP contribution in [0.3, 0.4) is 0 Å². The summed E-state index contributed by atoms with van der Waals surface area (Å²) in [6, 6.07) is 9.91. The maximum Gasteiger partial charge on any atom is 0.206 e. The fraction of sp³-hybridized carbons (Fsp3) is 0.353. The zero-order valence-corrected chi connectivity index (χ0v) is 16.0. The van der Waals surface area contributed by atoms with Gasteiger partial charge in [-0.25, -0.2) is 0 Å². The SMILES string of the molecule is C=CCNc1nnc(SCCCCCn2nnc(-c3ccccc3)n2)s1. The zero-order chi connectivity index (χ0) is 18.0. The molecule has 26 heavy (non-hydrogen) atoms. The van der Waals surface area contributed by atoms with E-state index in [9.17, 15) is 0 Å². The van der Waals surface area contributed by atoms with Gasteiger partial charge in [0.05, 0.1) is 6.54 Å². The highest BCUT2D eigenvalue weighted by atomic mass is 32.2. The molecular formula is C17H21N7S2. The summed E-state index contributed by atoms with van der Waals surface area (Å²) in [7, 11) is 0. The molecule has 2 heterocycles. The Morgan fingerprint density at radius 2 is 2.00 bits per heavy atom. The summed E-state index contributed by atoms with van der Waals surface area (Å²) in [5.41, 5.74) is 0.995. The molecule has 1 N–H and O–H groups in total. The number of tetrazole rings is 1. The van der Waals surface area contributed by atoms with Crippen molar-refractivity contribution >= 4 is 28.2 Å². The van der Waals surface area contributed by atoms with Crippen molar-refractivity contribution in [2.45, 2.75) is 30.1 Å². The number of aromatic nitrogens is 6. The molecule has 9 heteroatoms. The number of rotatable bonds is 11. The molecule has 0 bridgehead atoms. The lowest BCUT2D eigenvalue weighted by atomic mass is 10.2. The van der Waals surface area contributed by atoms with E-state index in [4.69, 9.17) is 0 Å². The third-order valence-corrected chi connectivity index (χ3v) is 5.62. The summed E-state index contributed by atoms with van der Waals surface area (Å²) in [5.74, 6) is 1.72. The Labute approximate surface area is 160 Å². The highest BCUT2D eigenvalue weighted by molar-refractivity contribution is 8.01. The van der Waals surface area contributed by atoms with Crippen molar-refractivity contribution in [1.29, 1.82) is 0 Å². The van der Waals surface area contributed by atoms with Crippen LogP contribution in [0.5, 0.6) is 0 Å². The molecule has 0 fully saturated rings. The molecule has 0 aliphatic rings. The van der Waals surface area contributed by atoms with Crippen LogP contribution < -0.4 is 5.32 Å². The molecule has 136 valence electrons. The van der Waals surface area contributed by atoms with Gasteiger partial charge in [-0.3, -0.25) is 0 Å². The lowest BCUT2D eigenvalue weighted by Crippen LogP contribution is -2.02. The summed E-state index contributed by atoms with van der Waals surface area (Å²) in [5, 5.41) is 24.9. The number of hydrogen-bond donors (Lipinski definition) is 1. The van der Waals surface area contributed by atoms with Crippen molar-refractivity contribution in [1.82, 2.24) is 30.4 Å². The van der Waals surface area contributed by atoms with Gasteiger partial charge in [0.25, 0.3) is 0 Å². The van der Waals surface area contributed by atoms with Crippen LogP contribution in [0.25, 0.3) is 11.4 Å². The van der Waals surface area contributed by atoms with E-state index in [1.165, 1.54) is 0 Å². The fourth-order valence-electron chi connectivity index (χ4n) is 2.23. The van der Waals surface area contributed by atoms with E-state index >= 15 is 0 Å². The van der Waals surface area contributed by atoms with Crippen molar-refractivity contribution in [3.8, 4) is 11.4 Å². The first kappa shape index (κ1) is 18.5. The molecule has 3 rings (SSSR count). The van der Waals surface area contributed by atoms with Gasteiger partial charge in [-0.05, 0) is 18.1 Å². The number of nitrogens with one attached hydrogen (secondary N) is 1. The molecule has 0 saturated heterocycles. The normalized spacial score (nSPS) is 10.8. The molecule has 0 radical (unpaired) electrons. The van der Waals surface area contributed by atoms with Crippen molar-refractivity contribution in [3.05, 3.63) is 43.0 Å². The minimum absolute atomic E-state index is 0.679. The smallest absolute Gasteiger partial charge is 0.206 e. The van der Waals surface area contributed by atoms with Gasteiger partial charge in [0.1, 0.15) is 0 Å². The standard InChI is InChI=1S/C17H21N7S2/c1-2-11-18-16-20-21-17(26-16)25-13-8-4-7-12-24-22-15(19-23-24)14-9-5-3-6-10-14/h2-3,5-6,9-10H,1,4,7-8,11-13H2,(H,18,20). The van der Waals surface area contributed by atoms with Gasteiger partial charge >= 0.3 is 0 Å². The van der Waals surface area contributed by atoms with Crippen LogP contribution in [-0.4, -0.2) is 42.7 Å². The predicted octanol–water partition coefficient (Wildman–Crippen LogP) is 3.75. The minimum atomic E-state index is 0.679. The summed E-state index contributed by atoms with van der Waals surface area (Å²) >= 11 is 3.33. The number of anilines is 1. The largest absolute Gasteiger partial charge is 0.357 e. The third kappa shape index (κ3) is 5.63. The van der Waals surface area contributed by atoms with Crippen molar-refractivity contribution < 1.29 is 0 Å². The van der Waals surface area contributed by atoms with Gasteiger partial charge in [-0.15, -0.1) is 27.0 Å². The number of nitrogens with zero attached hydrogens (tertiary/aromatic N) is 6. The molecule has 2 aromatic heterocycles. The Bertz CT molecular complexity index is 800. The molecule has 0 amide bonds. The molecule has 1 aromatic carbocycles. The Kier molecular flexibility index (Phi) is 7.15. The highest BCUT2D eigenvalue weighted by Gasteiger charge is 2.06. The second kappa shape index (κ2) is 10.0. The first-order valence-electron chi connectivity index (χ1n) is 8.49.